The summed E-state index contributed by atoms with van der Waals surface area (Å²) in [5, 5.41) is 0. The molecule has 0 aromatic rings. The van der Waals surface area contributed by atoms with Crippen LogP contribution in [0, 0.1) is 5.92 Å². The molecule has 2 aliphatic rings. The summed E-state index contributed by atoms with van der Waals surface area (Å²) in [6, 6.07) is 0. The van der Waals surface area contributed by atoms with Crippen LogP contribution < -0.4 is 0 Å². The van der Waals surface area contributed by atoms with E-state index >= 15 is 0 Å². The van der Waals surface area contributed by atoms with E-state index in [1.807, 2.05) is 0 Å². The van der Waals surface area contributed by atoms with Crippen molar-refractivity contribution in [3.63, 3.8) is 0 Å². The standard InChI is InChI=1S/C11H14F4O2/c12-9(7-11(13,14)15)8-1-3-10(4-2-8)16-5-6-17-10/h7-8H,1-6H2/b9-7-. The molecule has 1 saturated heterocycles. The van der Waals surface area contributed by atoms with Crippen LogP contribution in [0.15, 0.2) is 11.9 Å². The molecule has 0 radical (unpaired) electrons. The van der Waals surface area contributed by atoms with Gasteiger partial charge in [0, 0.05) is 18.8 Å². The summed E-state index contributed by atoms with van der Waals surface area (Å²) in [7, 11) is 0. The maximum absolute atomic E-state index is 13.3. The molecule has 6 heteroatoms. The number of rotatable bonds is 1. The van der Waals surface area contributed by atoms with E-state index < -0.39 is 23.7 Å². The molecule has 1 aliphatic heterocycles. The molecule has 0 unspecified atom stereocenters. The molecule has 0 bridgehead atoms. The molecular weight excluding hydrogens is 240 g/mol. The Balaban J connectivity index is 1.92. The van der Waals surface area contributed by atoms with Gasteiger partial charge in [-0.15, -0.1) is 0 Å². The maximum atomic E-state index is 13.3. The molecule has 1 spiro atoms. The van der Waals surface area contributed by atoms with E-state index in [1.54, 1.807) is 0 Å². The molecule has 2 nitrogen and oxygen atoms in total. The molecular formula is C11H14F4O2. The fraction of sp³-hybridized carbons (Fsp3) is 0.818. The van der Waals surface area contributed by atoms with E-state index in [2.05, 4.69) is 0 Å². The number of hydrogen-bond acceptors (Lipinski definition) is 2. The van der Waals surface area contributed by atoms with Crippen LogP contribution in [0.1, 0.15) is 25.7 Å². The van der Waals surface area contributed by atoms with Gasteiger partial charge in [-0.05, 0) is 12.8 Å². The van der Waals surface area contributed by atoms with Crippen molar-refractivity contribution in [2.24, 2.45) is 5.92 Å². The average Bonchev–Trinajstić information content (AvgIpc) is 2.65. The van der Waals surface area contributed by atoms with Gasteiger partial charge in [0.25, 0.3) is 0 Å². The van der Waals surface area contributed by atoms with Gasteiger partial charge in [-0.1, -0.05) is 0 Å². The van der Waals surface area contributed by atoms with Crippen LogP contribution in [0.25, 0.3) is 0 Å². The third kappa shape index (κ3) is 3.19. The topological polar surface area (TPSA) is 18.5 Å². The fourth-order valence-corrected chi connectivity index (χ4v) is 2.39. The van der Waals surface area contributed by atoms with Crippen LogP contribution in [0.5, 0.6) is 0 Å². The van der Waals surface area contributed by atoms with Gasteiger partial charge < -0.3 is 9.47 Å². The Morgan fingerprint density at radius 3 is 2.12 bits per heavy atom. The predicted octanol–water partition coefficient (Wildman–Crippen LogP) is 3.34. The Morgan fingerprint density at radius 1 is 1.12 bits per heavy atom. The number of ether oxygens (including phenoxy) is 2. The van der Waals surface area contributed by atoms with E-state index in [0.29, 0.717) is 38.9 Å². The maximum Gasteiger partial charge on any atom is 0.412 e. The van der Waals surface area contributed by atoms with Crippen molar-refractivity contribution in [3.05, 3.63) is 11.9 Å². The van der Waals surface area contributed by atoms with Crippen LogP contribution in [0.4, 0.5) is 17.6 Å². The zero-order chi connectivity index (χ0) is 12.5. The fourth-order valence-electron chi connectivity index (χ4n) is 2.39. The Kier molecular flexibility index (Phi) is 3.45. The minimum absolute atomic E-state index is 0.244. The van der Waals surface area contributed by atoms with Crippen molar-refractivity contribution in [2.45, 2.75) is 37.6 Å². The van der Waals surface area contributed by atoms with E-state index in [0.717, 1.165) is 0 Å². The van der Waals surface area contributed by atoms with Gasteiger partial charge in [0.2, 0.25) is 0 Å². The average molecular weight is 254 g/mol. The van der Waals surface area contributed by atoms with Crippen molar-refractivity contribution in [2.75, 3.05) is 13.2 Å². The molecule has 0 N–H and O–H groups in total. The lowest BCUT2D eigenvalue weighted by atomic mass is 9.84. The Hall–Kier alpha value is -0.620. The van der Waals surface area contributed by atoms with Crippen molar-refractivity contribution in [1.29, 1.82) is 0 Å². The molecule has 98 valence electrons. The predicted molar refractivity (Wildman–Crippen MR) is 51.8 cm³/mol. The highest BCUT2D eigenvalue weighted by molar-refractivity contribution is 5.04. The third-order valence-electron chi connectivity index (χ3n) is 3.25. The lowest BCUT2D eigenvalue weighted by Crippen LogP contribution is -2.35. The van der Waals surface area contributed by atoms with Gasteiger partial charge in [0.1, 0.15) is 5.83 Å². The molecule has 1 heterocycles. The molecule has 0 aromatic heterocycles. The van der Waals surface area contributed by atoms with Gasteiger partial charge in [0.15, 0.2) is 5.79 Å². The summed E-state index contributed by atoms with van der Waals surface area (Å²) in [5.74, 6) is -2.39. The Bertz CT molecular complexity index is 295. The van der Waals surface area contributed by atoms with Gasteiger partial charge >= 0.3 is 6.18 Å². The second-order valence-electron chi connectivity index (χ2n) is 4.45. The molecule has 0 aromatic carbocycles. The summed E-state index contributed by atoms with van der Waals surface area (Å²) in [5.41, 5.74) is 0. The van der Waals surface area contributed by atoms with Crippen LogP contribution in [0.3, 0.4) is 0 Å². The first-order valence-electron chi connectivity index (χ1n) is 5.63. The van der Waals surface area contributed by atoms with Gasteiger partial charge in [-0.2, -0.15) is 13.2 Å². The van der Waals surface area contributed by atoms with Crippen molar-refractivity contribution in [3.8, 4) is 0 Å². The van der Waals surface area contributed by atoms with Crippen LogP contribution >= 0.6 is 0 Å². The summed E-state index contributed by atoms with van der Waals surface area (Å²) in [6.07, 6.45) is -3.25. The number of hydrogen-bond donors (Lipinski definition) is 0. The first-order valence-corrected chi connectivity index (χ1v) is 5.63. The van der Waals surface area contributed by atoms with Gasteiger partial charge in [-0.3, -0.25) is 0 Å². The molecule has 17 heavy (non-hydrogen) atoms. The van der Waals surface area contributed by atoms with E-state index in [-0.39, 0.29) is 6.08 Å². The zero-order valence-corrected chi connectivity index (χ0v) is 9.23. The highest BCUT2D eigenvalue weighted by atomic mass is 19.4. The van der Waals surface area contributed by atoms with E-state index in [1.165, 1.54) is 0 Å². The van der Waals surface area contributed by atoms with Crippen LogP contribution in [-0.4, -0.2) is 25.2 Å². The number of allylic oxidation sites excluding steroid dienone is 2. The molecule has 2 fully saturated rings. The highest BCUT2D eigenvalue weighted by Gasteiger charge is 2.41. The minimum atomic E-state index is -4.58. The van der Waals surface area contributed by atoms with Gasteiger partial charge in [-0.25, -0.2) is 4.39 Å². The molecule has 1 saturated carbocycles. The van der Waals surface area contributed by atoms with E-state index in [4.69, 9.17) is 9.47 Å². The zero-order valence-electron chi connectivity index (χ0n) is 9.23. The van der Waals surface area contributed by atoms with Crippen LogP contribution in [-0.2, 0) is 9.47 Å². The third-order valence-corrected chi connectivity index (χ3v) is 3.25. The van der Waals surface area contributed by atoms with Crippen molar-refractivity contribution < 1.29 is 27.0 Å². The summed E-state index contributed by atoms with van der Waals surface area (Å²) in [6.45, 7) is 1.01. The molecule has 1 aliphatic carbocycles. The lowest BCUT2D eigenvalue weighted by molar-refractivity contribution is -0.181. The molecule has 0 amide bonds. The second kappa shape index (κ2) is 4.57. The smallest absolute Gasteiger partial charge is 0.348 e. The first-order chi connectivity index (χ1) is 7.90. The monoisotopic (exact) mass is 254 g/mol. The quantitative estimate of drug-likeness (QED) is 0.668. The largest absolute Gasteiger partial charge is 0.412 e. The first kappa shape index (κ1) is 12.8. The SMILES string of the molecule is F/C(=C\C(F)(F)F)C1CCC2(CC1)OCCO2. The van der Waals surface area contributed by atoms with Crippen molar-refractivity contribution in [1.82, 2.24) is 0 Å². The highest BCUT2D eigenvalue weighted by Crippen LogP contribution is 2.41. The number of halogens is 4. The number of alkyl halides is 3. The normalized spacial score (nSPS) is 26.7. The Labute approximate surface area is 96.6 Å². The Morgan fingerprint density at radius 2 is 1.65 bits per heavy atom. The minimum Gasteiger partial charge on any atom is -0.348 e. The lowest BCUT2D eigenvalue weighted by Gasteiger charge is -2.34. The van der Waals surface area contributed by atoms with Crippen LogP contribution in [0.2, 0.25) is 0 Å². The van der Waals surface area contributed by atoms with E-state index in [9.17, 15) is 17.6 Å². The summed E-state index contributed by atoms with van der Waals surface area (Å²) >= 11 is 0. The van der Waals surface area contributed by atoms with Gasteiger partial charge in [0.05, 0.1) is 19.3 Å². The molecule has 0 atom stereocenters. The molecule has 2 rings (SSSR count). The summed E-state index contributed by atoms with van der Waals surface area (Å²) in [4.78, 5) is 0. The second-order valence-corrected chi connectivity index (χ2v) is 4.45. The summed E-state index contributed by atoms with van der Waals surface area (Å²) < 4.78 is 60.1. The van der Waals surface area contributed by atoms with Crippen molar-refractivity contribution >= 4 is 0 Å².